The third kappa shape index (κ3) is 4.18. The highest BCUT2D eigenvalue weighted by Gasteiger charge is 2.35. The van der Waals surface area contributed by atoms with Crippen molar-refractivity contribution in [3.63, 3.8) is 0 Å². The standard InChI is InChI=1S/C15H30N2O2S/c1-14(2)20(18,19)12-11-17-10-6-9-16-15(13-17)7-4-3-5-8-15/h14,16H,3-13H2,1-2H3. The van der Waals surface area contributed by atoms with E-state index < -0.39 is 9.84 Å². The van der Waals surface area contributed by atoms with Crippen LogP contribution in [0.3, 0.4) is 0 Å². The molecule has 0 atom stereocenters. The van der Waals surface area contributed by atoms with Crippen molar-refractivity contribution in [2.75, 3.05) is 31.9 Å². The second kappa shape index (κ2) is 6.75. The third-order valence-electron chi connectivity index (χ3n) is 4.90. The lowest BCUT2D eigenvalue weighted by molar-refractivity contribution is 0.169. The summed E-state index contributed by atoms with van der Waals surface area (Å²) in [7, 11) is -2.91. The Hall–Kier alpha value is -0.130. The molecule has 118 valence electrons. The molecule has 2 aliphatic rings. The van der Waals surface area contributed by atoms with Crippen LogP contribution in [0.15, 0.2) is 0 Å². The number of nitrogens with one attached hydrogen (secondary N) is 1. The number of sulfone groups is 1. The van der Waals surface area contributed by atoms with Crippen molar-refractivity contribution in [2.24, 2.45) is 0 Å². The summed E-state index contributed by atoms with van der Waals surface area (Å²) in [6.45, 7) is 7.39. The lowest BCUT2D eigenvalue weighted by atomic mass is 9.81. The van der Waals surface area contributed by atoms with Crippen molar-refractivity contribution in [3.05, 3.63) is 0 Å². The SMILES string of the molecule is CC(C)S(=O)(=O)CCN1CCCNC2(CCCCC2)C1. The molecule has 0 aromatic rings. The molecule has 0 bridgehead atoms. The number of nitrogens with zero attached hydrogens (tertiary/aromatic N) is 1. The van der Waals surface area contributed by atoms with Gasteiger partial charge < -0.3 is 10.2 Å². The van der Waals surface area contributed by atoms with Gasteiger partial charge in [-0.05, 0) is 46.2 Å². The molecule has 0 aromatic heterocycles. The summed E-state index contributed by atoms with van der Waals surface area (Å²) in [6, 6.07) is 0. The van der Waals surface area contributed by atoms with Crippen LogP contribution in [0.4, 0.5) is 0 Å². The second-order valence-electron chi connectivity index (χ2n) is 6.81. The predicted octanol–water partition coefficient (Wildman–Crippen LogP) is 1.81. The number of hydrogen-bond donors (Lipinski definition) is 1. The molecule has 2 rings (SSSR count). The summed E-state index contributed by atoms with van der Waals surface area (Å²) in [6.07, 6.45) is 7.60. The smallest absolute Gasteiger partial charge is 0.153 e. The maximum atomic E-state index is 12.0. The van der Waals surface area contributed by atoms with E-state index in [1.54, 1.807) is 13.8 Å². The average molecular weight is 302 g/mol. The van der Waals surface area contributed by atoms with Crippen LogP contribution >= 0.6 is 0 Å². The summed E-state index contributed by atoms with van der Waals surface area (Å²) >= 11 is 0. The van der Waals surface area contributed by atoms with Gasteiger partial charge in [0.2, 0.25) is 0 Å². The van der Waals surface area contributed by atoms with Crippen LogP contribution in [0, 0.1) is 0 Å². The maximum absolute atomic E-state index is 12.0. The van der Waals surface area contributed by atoms with Gasteiger partial charge >= 0.3 is 0 Å². The van der Waals surface area contributed by atoms with E-state index in [0.717, 1.165) is 26.1 Å². The third-order valence-corrected chi connectivity index (χ3v) is 7.09. The van der Waals surface area contributed by atoms with E-state index in [1.165, 1.54) is 32.1 Å². The molecule has 2 fully saturated rings. The van der Waals surface area contributed by atoms with E-state index in [9.17, 15) is 8.42 Å². The van der Waals surface area contributed by atoms with E-state index in [2.05, 4.69) is 10.2 Å². The van der Waals surface area contributed by atoms with Crippen molar-refractivity contribution < 1.29 is 8.42 Å². The van der Waals surface area contributed by atoms with Gasteiger partial charge in [0.15, 0.2) is 9.84 Å². The first-order valence-corrected chi connectivity index (χ1v) is 9.84. The topological polar surface area (TPSA) is 49.4 Å². The highest BCUT2D eigenvalue weighted by molar-refractivity contribution is 7.92. The Morgan fingerprint density at radius 1 is 1.15 bits per heavy atom. The summed E-state index contributed by atoms with van der Waals surface area (Å²) in [5, 5.41) is 3.50. The average Bonchev–Trinajstić information content (AvgIpc) is 2.60. The van der Waals surface area contributed by atoms with Gasteiger partial charge in [-0.3, -0.25) is 0 Å². The first kappa shape index (κ1) is 16.2. The zero-order valence-corrected chi connectivity index (χ0v) is 13.8. The Kier molecular flexibility index (Phi) is 5.49. The first-order chi connectivity index (χ1) is 9.44. The van der Waals surface area contributed by atoms with Crippen molar-refractivity contribution in [3.8, 4) is 0 Å². The van der Waals surface area contributed by atoms with Crippen LogP contribution in [-0.4, -0.2) is 56.0 Å². The van der Waals surface area contributed by atoms with E-state index >= 15 is 0 Å². The predicted molar refractivity (Wildman–Crippen MR) is 83.8 cm³/mol. The van der Waals surface area contributed by atoms with Crippen molar-refractivity contribution >= 4 is 9.84 Å². The molecule has 0 aromatic carbocycles. The van der Waals surface area contributed by atoms with E-state index in [-0.39, 0.29) is 10.8 Å². The van der Waals surface area contributed by atoms with E-state index in [4.69, 9.17) is 0 Å². The van der Waals surface area contributed by atoms with Crippen LogP contribution in [0.25, 0.3) is 0 Å². The van der Waals surface area contributed by atoms with Crippen LogP contribution in [0.2, 0.25) is 0 Å². The maximum Gasteiger partial charge on any atom is 0.153 e. The minimum atomic E-state index is -2.91. The molecule has 1 saturated carbocycles. The first-order valence-electron chi connectivity index (χ1n) is 8.13. The molecule has 1 saturated heterocycles. The second-order valence-corrected chi connectivity index (χ2v) is 9.49. The van der Waals surface area contributed by atoms with Crippen molar-refractivity contribution in [2.45, 2.75) is 63.2 Å². The molecule has 1 heterocycles. The van der Waals surface area contributed by atoms with Gasteiger partial charge in [0.25, 0.3) is 0 Å². The molecule has 1 aliphatic heterocycles. The number of rotatable bonds is 4. The molecule has 5 heteroatoms. The van der Waals surface area contributed by atoms with Crippen LogP contribution < -0.4 is 5.32 Å². The largest absolute Gasteiger partial charge is 0.310 e. The van der Waals surface area contributed by atoms with Crippen LogP contribution in [0.1, 0.15) is 52.4 Å². The molecule has 0 amide bonds. The Bertz CT molecular complexity index is 400. The number of hydrogen-bond acceptors (Lipinski definition) is 4. The van der Waals surface area contributed by atoms with Gasteiger partial charge in [-0.1, -0.05) is 19.3 Å². The van der Waals surface area contributed by atoms with Gasteiger partial charge in [0.05, 0.1) is 11.0 Å². The zero-order valence-electron chi connectivity index (χ0n) is 13.0. The fourth-order valence-electron chi connectivity index (χ4n) is 3.47. The summed E-state index contributed by atoms with van der Waals surface area (Å²) in [4.78, 5) is 2.38. The molecule has 4 nitrogen and oxygen atoms in total. The lowest BCUT2D eigenvalue weighted by Gasteiger charge is -2.40. The molecular formula is C15H30N2O2S. The van der Waals surface area contributed by atoms with Gasteiger partial charge in [-0.2, -0.15) is 0 Å². The van der Waals surface area contributed by atoms with Crippen LogP contribution in [0.5, 0.6) is 0 Å². The van der Waals surface area contributed by atoms with E-state index in [0.29, 0.717) is 12.3 Å². The lowest BCUT2D eigenvalue weighted by Crippen LogP contribution is -2.53. The Balaban J connectivity index is 1.93. The summed E-state index contributed by atoms with van der Waals surface area (Å²) < 4.78 is 24.0. The minimum Gasteiger partial charge on any atom is -0.310 e. The summed E-state index contributed by atoms with van der Waals surface area (Å²) in [5.74, 6) is 0.306. The fraction of sp³-hybridized carbons (Fsp3) is 1.00. The monoisotopic (exact) mass is 302 g/mol. The van der Waals surface area contributed by atoms with Crippen molar-refractivity contribution in [1.29, 1.82) is 0 Å². The highest BCUT2D eigenvalue weighted by Crippen LogP contribution is 2.30. The Labute approximate surface area is 124 Å². The molecule has 1 N–H and O–H groups in total. The highest BCUT2D eigenvalue weighted by atomic mass is 32.2. The normalized spacial score (nSPS) is 24.9. The van der Waals surface area contributed by atoms with Crippen LogP contribution in [-0.2, 0) is 9.84 Å². The van der Waals surface area contributed by atoms with Crippen molar-refractivity contribution in [1.82, 2.24) is 10.2 Å². The molecule has 0 radical (unpaired) electrons. The molecule has 20 heavy (non-hydrogen) atoms. The van der Waals surface area contributed by atoms with Gasteiger partial charge in [-0.25, -0.2) is 8.42 Å². The molecule has 0 unspecified atom stereocenters. The van der Waals surface area contributed by atoms with Gasteiger partial charge in [-0.15, -0.1) is 0 Å². The van der Waals surface area contributed by atoms with Gasteiger partial charge in [0.1, 0.15) is 0 Å². The fourth-order valence-corrected chi connectivity index (χ4v) is 4.45. The molecular weight excluding hydrogens is 272 g/mol. The Morgan fingerprint density at radius 3 is 2.50 bits per heavy atom. The zero-order chi connectivity index (χ0) is 14.6. The molecule has 1 spiro atoms. The quantitative estimate of drug-likeness (QED) is 0.860. The summed E-state index contributed by atoms with van der Waals surface area (Å²) in [5.41, 5.74) is 0.260. The van der Waals surface area contributed by atoms with E-state index in [1.807, 2.05) is 0 Å². The van der Waals surface area contributed by atoms with Gasteiger partial charge in [0, 0.05) is 18.6 Å². The molecule has 1 aliphatic carbocycles. The minimum absolute atomic E-state index is 0.253. The Morgan fingerprint density at radius 2 is 1.85 bits per heavy atom.